The highest BCUT2D eigenvalue weighted by atomic mass is 16.3. The number of hydrogen-bond donors (Lipinski definition) is 2. The zero-order valence-corrected chi connectivity index (χ0v) is 12.6. The topological polar surface area (TPSA) is 66.0 Å². The van der Waals surface area contributed by atoms with Crippen LogP contribution in [0.5, 0.6) is 0 Å². The van der Waals surface area contributed by atoms with Crippen LogP contribution < -0.4 is 0 Å². The molecule has 4 nitrogen and oxygen atoms in total. The molecule has 1 aliphatic rings. The molecule has 21 heavy (non-hydrogen) atoms. The molecule has 0 saturated carbocycles. The molecule has 1 heterocycles. The third-order valence-electron chi connectivity index (χ3n) is 4.51. The summed E-state index contributed by atoms with van der Waals surface area (Å²) >= 11 is 0. The summed E-state index contributed by atoms with van der Waals surface area (Å²) in [6, 6.07) is 9.91. The van der Waals surface area contributed by atoms with Crippen LogP contribution >= 0.6 is 0 Å². The van der Waals surface area contributed by atoms with Gasteiger partial charge in [-0.1, -0.05) is 30.3 Å². The minimum atomic E-state index is -1.08. The molecule has 0 spiro atoms. The molecule has 1 aliphatic carbocycles. The summed E-state index contributed by atoms with van der Waals surface area (Å²) in [6.07, 6.45) is 0.403. The molecule has 3 atom stereocenters. The van der Waals surface area contributed by atoms with Crippen molar-refractivity contribution in [1.82, 2.24) is 10.2 Å². The number of carbonyl (C=O) groups is 1. The second-order valence-corrected chi connectivity index (χ2v) is 6.22. The van der Waals surface area contributed by atoms with Crippen molar-refractivity contribution in [3.63, 3.8) is 0 Å². The largest absolute Gasteiger partial charge is 0.389 e. The predicted octanol–water partition coefficient (Wildman–Crippen LogP) is 2.36. The van der Waals surface area contributed by atoms with Gasteiger partial charge >= 0.3 is 0 Å². The van der Waals surface area contributed by atoms with Crippen LogP contribution in [-0.4, -0.2) is 26.7 Å². The number of rotatable bonds is 2. The lowest BCUT2D eigenvalue weighted by molar-refractivity contribution is -0.130. The minimum absolute atomic E-state index is 0.0140. The van der Waals surface area contributed by atoms with E-state index in [-0.39, 0.29) is 11.7 Å². The first-order chi connectivity index (χ1) is 9.92. The maximum absolute atomic E-state index is 12.3. The van der Waals surface area contributed by atoms with Gasteiger partial charge in [-0.25, -0.2) is 0 Å². The lowest BCUT2D eigenvalue weighted by atomic mass is 9.64. The van der Waals surface area contributed by atoms with Crippen LogP contribution in [0.1, 0.15) is 42.3 Å². The number of ketones is 1. The first kappa shape index (κ1) is 14.0. The summed E-state index contributed by atoms with van der Waals surface area (Å²) in [4.78, 5) is 12.3. The molecule has 1 aromatic carbocycles. The Balaban J connectivity index is 2.24. The fourth-order valence-electron chi connectivity index (χ4n) is 3.70. The average molecular weight is 284 g/mol. The van der Waals surface area contributed by atoms with Gasteiger partial charge in [0.2, 0.25) is 0 Å². The number of hydrogen-bond acceptors (Lipinski definition) is 3. The Kier molecular flexibility index (Phi) is 3.21. The fraction of sp³-hybridized carbons (Fsp3) is 0.412. The number of aliphatic hydroxyl groups is 1. The molecule has 1 aromatic heterocycles. The molecule has 3 rings (SSSR count). The second-order valence-electron chi connectivity index (χ2n) is 6.22. The van der Waals surface area contributed by atoms with Gasteiger partial charge in [-0.2, -0.15) is 5.10 Å². The van der Waals surface area contributed by atoms with Gasteiger partial charge in [0.15, 0.2) is 0 Å². The van der Waals surface area contributed by atoms with E-state index in [1.165, 1.54) is 0 Å². The smallest absolute Gasteiger partial charge is 0.136 e. The van der Waals surface area contributed by atoms with E-state index in [0.717, 1.165) is 22.5 Å². The highest BCUT2D eigenvalue weighted by molar-refractivity contribution is 5.82. The summed E-state index contributed by atoms with van der Waals surface area (Å²) in [6.45, 7) is 5.27. The van der Waals surface area contributed by atoms with Crippen LogP contribution in [0.15, 0.2) is 30.3 Å². The van der Waals surface area contributed by atoms with E-state index in [0.29, 0.717) is 6.42 Å². The van der Waals surface area contributed by atoms with E-state index in [4.69, 9.17) is 0 Å². The Morgan fingerprint density at radius 2 is 2.05 bits per heavy atom. The predicted molar refractivity (Wildman–Crippen MR) is 80.1 cm³/mol. The van der Waals surface area contributed by atoms with Crippen LogP contribution in [-0.2, 0) is 11.2 Å². The molecule has 110 valence electrons. The number of aryl methyl sites for hydroxylation is 1. The number of aromatic amines is 1. The summed E-state index contributed by atoms with van der Waals surface area (Å²) in [7, 11) is 0. The average Bonchev–Trinajstić information content (AvgIpc) is 2.77. The van der Waals surface area contributed by atoms with Crippen LogP contribution in [0.2, 0.25) is 0 Å². The first-order valence-corrected chi connectivity index (χ1v) is 7.23. The molecule has 2 aromatic rings. The van der Waals surface area contributed by atoms with Crippen molar-refractivity contribution in [3.05, 3.63) is 52.8 Å². The summed E-state index contributed by atoms with van der Waals surface area (Å²) in [5, 5.41) is 18.1. The Morgan fingerprint density at radius 1 is 1.38 bits per heavy atom. The van der Waals surface area contributed by atoms with E-state index in [2.05, 4.69) is 10.2 Å². The Hall–Kier alpha value is -1.94. The molecule has 0 fully saturated rings. The fourth-order valence-corrected chi connectivity index (χ4v) is 3.70. The van der Waals surface area contributed by atoms with E-state index >= 15 is 0 Å². The third-order valence-corrected chi connectivity index (χ3v) is 4.51. The number of Topliss-reactive ketones (excluding diaryl/α,β-unsaturated/α-hetero) is 1. The van der Waals surface area contributed by atoms with Crippen molar-refractivity contribution >= 4 is 5.78 Å². The molecular weight excluding hydrogens is 264 g/mol. The van der Waals surface area contributed by atoms with E-state index in [1.807, 2.05) is 37.3 Å². The molecule has 0 unspecified atom stereocenters. The summed E-state index contributed by atoms with van der Waals surface area (Å²) < 4.78 is 0. The number of nitrogens with zero attached hydrogens (tertiary/aromatic N) is 1. The lowest BCUT2D eigenvalue weighted by Gasteiger charge is -2.41. The van der Waals surface area contributed by atoms with Gasteiger partial charge in [0, 0.05) is 23.6 Å². The first-order valence-electron chi connectivity index (χ1n) is 7.23. The van der Waals surface area contributed by atoms with Crippen LogP contribution in [0.3, 0.4) is 0 Å². The van der Waals surface area contributed by atoms with Crippen molar-refractivity contribution < 1.29 is 9.90 Å². The summed E-state index contributed by atoms with van der Waals surface area (Å²) in [5.41, 5.74) is 2.86. The van der Waals surface area contributed by atoms with Crippen molar-refractivity contribution in [3.8, 4) is 0 Å². The maximum Gasteiger partial charge on any atom is 0.136 e. The minimum Gasteiger partial charge on any atom is -0.389 e. The molecule has 0 saturated heterocycles. The number of nitrogens with one attached hydrogen (secondary N) is 1. The lowest BCUT2D eigenvalue weighted by Crippen LogP contribution is -2.48. The standard InChI is InChI=1S/C17H20N2O2/c1-10-14-13(19-18-10)9-17(3,21)16(11(2)20)15(14)12-7-5-4-6-8-12/h4-8,15-16,21H,9H2,1-3H3,(H,18,19)/t15-,16+,17-/m0/s1. The number of H-pyrrole nitrogens is 1. The SMILES string of the molecule is CC(=O)[C@@H]1[C@@H](c2ccccc2)c2c(n[nH]c2C)C[C@]1(C)O. The summed E-state index contributed by atoms with van der Waals surface area (Å²) in [5.74, 6) is -0.593. The molecule has 0 amide bonds. The highest BCUT2D eigenvalue weighted by Gasteiger charge is 2.48. The van der Waals surface area contributed by atoms with Gasteiger partial charge in [-0.15, -0.1) is 0 Å². The third kappa shape index (κ3) is 2.20. The van der Waals surface area contributed by atoms with Gasteiger partial charge in [0.25, 0.3) is 0 Å². The molecule has 2 N–H and O–H groups in total. The van der Waals surface area contributed by atoms with Gasteiger partial charge in [0.1, 0.15) is 5.78 Å². The van der Waals surface area contributed by atoms with Gasteiger partial charge in [0.05, 0.1) is 17.2 Å². The number of aromatic nitrogens is 2. The van der Waals surface area contributed by atoms with Crippen LogP contribution in [0.4, 0.5) is 0 Å². The van der Waals surface area contributed by atoms with Gasteiger partial charge < -0.3 is 5.11 Å². The quantitative estimate of drug-likeness (QED) is 0.889. The molecule has 0 aliphatic heterocycles. The molecule has 4 heteroatoms. The number of benzene rings is 1. The monoisotopic (exact) mass is 284 g/mol. The maximum atomic E-state index is 12.3. The number of carbonyl (C=O) groups excluding carboxylic acids is 1. The molecular formula is C17H20N2O2. The van der Waals surface area contributed by atoms with E-state index < -0.39 is 11.5 Å². The van der Waals surface area contributed by atoms with Crippen molar-refractivity contribution in [2.45, 2.75) is 38.7 Å². The van der Waals surface area contributed by atoms with Gasteiger partial charge in [-0.3, -0.25) is 9.89 Å². The second kappa shape index (κ2) is 4.81. The number of fused-ring (bicyclic) bond motifs is 1. The van der Waals surface area contributed by atoms with E-state index in [1.54, 1.807) is 13.8 Å². The normalized spacial score (nSPS) is 28.2. The van der Waals surface area contributed by atoms with Gasteiger partial charge in [-0.05, 0) is 26.3 Å². The molecule has 0 bridgehead atoms. The van der Waals surface area contributed by atoms with Crippen molar-refractivity contribution in [2.75, 3.05) is 0 Å². The van der Waals surface area contributed by atoms with Crippen molar-refractivity contribution in [1.29, 1.82) is 0 Å². The Morgan fingerprint density at radius 3 is 2.67 bits per heavy atom. The zero-order chi connectivity index (χ0) is 15.2. The van der Waals surface area contributed by atoms with Crippen LogP contribution in [0, 0.1) is 12.8 Å². The Labute approximate surface area is 124 Å². The molecule has 0 radical (unpaired) electrons. The zero-order valence-electron chi connectivity index (χ0n) is 12.6. The van der Waals surface area contributed by atoms with E-state index in [9.17, 15) is 9.90 Å². The highest BCUT2D eigenvalue weighted by Crippen LogP contribution is 2.46. The van der Waals surface area contributed by atoms with Crippen molar-refractivity contribution in [2.24, 2.45) is 5.92 Å². The Bertz CT molecular complexity index is 673. The van der Waals surface area contributed by atoms with Crippen LogP contribution in [0.25, 0.3) is 0 Å².